The SMILES string of the molecule is N[C@@H](c1cccc(Cl)c1)c1cc(C(=O)c2cncnc2N[C@@H]2C[C@H](COS(N)(=O)=O)[C@@H](O)[C@H]2O)sc1Cl. The maximum Gasteiger partial charge on any atom is 0.333 e. The highest BCUT2D eigenvalue weighted by atomic mass is 35.5. The Morgan fingerprint density at radius 1 is 1.27 bits per heavy atom. The van der Waals surface area contributed by atoms with Crippen molar-refractivity contribution in [2.24, 2.45) is 16.8 Å². The van der Waals surface area contributed by atoms with Gasteiger partial charge in [0.25, 0.3) is 0 Å². The van der Waals surface area contributed by atoms with Crippen LogP contribution in [0.2, 0.25) is 9.36 Å². The van der Waals surface area contributed by atoms with Crippen LogP contribution in [0.5, 0.6) is 0 Å². The molecule has 0 radical (unpaired) electrons. The van der Waals surface area contributed by atoms with Crippen LogP contribution < -0.4 is 16.2 Å². The second-order valence-electron chi connectivity index (χ2n) is 8.49. The third-order valence-electron chi connectivity index (χ3n) is 6.01. The first kappa shape index (κ1) is 27.8. The maximum atomic E-state index is 13.4. The van der Waals surface area contributed by atoms with Crippen LogP contribution in [0.25, 0.3) is 0 Å². The fourth-order valence-electron chi connectivity index (χ4n) is 4.12. The Balaban J connectivity index is 1.54. The average Bonchev–Trinajstić information content (AvgIpc) is 3.36. The van der Waals surface area contributed by atoms with Gasteiger partial charge in [0.2, 0.25) is 5.78 Å². The number of thiophene rings is 1. The Kier molecular flexibility index (Phi) is 8.48. The molecule has 0 unspecified atom stereocenters. The average molecular weight is 588 g/mol. The number of benzene rings is 1. The number of nitrogens with two attached hydrogens (primary N) is 2. The molecule has 2 aromatic heterocycles. The molecule has 5 atom stereocenters. The smallest absolute Gasteiger partial charge is 0.333 e. The van der Waals surface area contributed by atoms with Gasteiger partial charge in [-0.15, -0.1) is 11.3 Å². The van der Waals surface area contributed by atoms with Crippen molar-refractivity contribution in [3.05, 3.63) is 73.8 Å². The zero-order chi connectivity index (χ0) is 26.9. The van der Waals surface area contributed by atoms with Gasteiger partial charge in [0.15, 0.2) is 0 Å². The van der Waals surface area contributed by atoms with Gasteiger partial charge in [-0.05, 0) is 30.2 Å². The number of hydrogen-bond donors (Lipinski definition) is 5. The lowest BCUT2D eigenvalue weighted by Gasteiger charge is -2.19. The minimum atomic E-state index is -4.21. The van der Waals surface area contributed by atoms with Gasteiger partial charge < -0.3 is 21.3 Å². The molecule has 1 aliphatic carbocycles. The van der Waals surface area contributed by atoms with Crippen molar-refractivity contribution in [2.45, 2.75) is 30.7 Å². The van der Waals surface area contributed by atoms with Crippen LogP contribution in [-0.2, 0) is 14.5 Å². The van der Waals surface area contributed by atoms with Crippen LogP contribution in [0.15, 0.2) is 42.9 Å². The van der Waals surface area contributed by atoms with Crippen molar-refractivity contribution in [2.75, 3.05) is 11.9 Å². The minimum Gasteiger partial charge on any atom is -0.390 e. The number of ketones is 1. The fraction of sp³-hybridized carbons (Fsp3) is 0.318. The van der Waals surface area contributed by atoms with E-state index in [0.717, 1.165) is 16.9 Å². The number of hydrogen-bond acceptors (Lipinski definition) is 11. The summed E-state index contributed by atoms with van der Waals surface area (Å²) in [4.78, 5) is 21.8. The Labute approximate surface area is 226 Å². The van der Waals surface area contributed by atoms with E-state index in [4.69, 9.17) is 34.1 Å². The summed E-state index contributed by atoms with van der Waals surface area (Å²) in [6.07, 6.45) is 0.0953. The topological polar surface area (TPSA) is 191 Å². The lowest BCUT2D eigenvalue weighted by atomic mass is 10.0. The standard InChI is InChI=1S/C22H23Cl2N5O6S2/c23-12-3-1-2-10(4-12)17(25)13-6-16(36-21(13)24)19(31)14-7-27-9-28-22(14)29-15-5-11(18(30)20(15)32)8-35-37(26,33)34/h1-4,6-7,9,11,15,17-18,20,30,32H,5,8,25H2,(H2,26,33,34)(H,27,28,29)/t11-,15-,17+,18-,20+/m1/s1. The van der Waals surface area contributed by atoms with Crippen LogP contribution in [0.3, 0.4) is 0 Å². The summed E-state index contributed by atoms with van der Waals surface area (Å²) in [5.41, 5.74) is 7.76. The summed E-state index contributed by atoms with van der Waals surface area (Å²) in [5.74, 6) is -1.03. The maximum absolute atomic E-state index is 13.4. The molecule has 0 aliphatic heterocycles. The first-order chi connectivity index (χ1) is 17.4. The molecular formula is C22H23Cl2N5O6S2. The molecule has 37 heavy (non-hydrogen) atoms. The quantitative estimate of drug-likeness (QED) is 0.231. The number of halogens is 2. The summed E-state index contributed by atoms with van der Waals surface area (Å²) < 4.78 is 27.1. The van der Waals surface area contributed by atoms with Crippen LogP contribution in [0.1, 0.15) is 38.8 Å². The van der Waals surface area contributed by atoms with Crippen molar-refractivity contribution in [1.29, 1.82) is 0 Å². The predicted molar refractivity (Wildman–Crippen MR) is 139 cm³/mol. The van der Waals surface area contributed by atoms with E-state index in [1.54, 1.807) is 24.3 Å². The van der Waals surface area contributed by atoms with Crippen LogP contribution >= 0.6 is 34.5 Å². The normalized spacial score (nSPS) is 22.6. The van der Waals surface area contributed by atoms with E-state index in [-0.39, 0.29) is 17.8 Å². The van der Waals surface area contributed by atoms with Crippen molar-refractivity contribution in [3.63, 3.8) is 0 Å². The first-order valence-electron chi connectivity index (χ1n) is 10.9. The molecule has 3 aromatic rings. The second-order valence-corrected chi connectivity index (χ2v) is 11.8. The highest BCUT2D eigenvalue weighted by Crippen LogP contribution is 2.36. The molecule has 0 spiro atoms. The second kappa shape index (κ2) is 11.3. The van der Waals surface area contributed by atoms with E-state index in [0.29, 0.717) is 19.8 Å². The number of carbonyl (C=O) groups excluding carboxylic acids is 1. The Morgan fingerprint density at radius 2 is 2.03 bits per heavy atom. The molecule has 2 heterocycles. The summed E-state index contributed by atoms with van der Waals surface area (Å²) in [6.45, 7) is -0.409. The predicted octanol–water partition coefficient (Wildman–Crippen LogP) is 1.87. The van der Waals surface area contributed by atoms with Gasteiger partial charge in [-0.3, -0.25) is 8.98 Å². The van der Waals surface area contributed by atoms with Crippen molar-refractivity contribution < 1.29 is 27.6 Å². The Morgan fingerprint density at radius 3 is 2.73 bits per heavy atom. The molecule has 7 N–H and O–H groups in total. The molecule has 1 fully saturated rings. The van der Waals surface area contributed by atoms with Gasteiger partial charge in [-0.2, -0.15) is 8.42 Å². The van der Waals surface area contributed by atoms with Gasteiger partial charge >= 0.3 is 10.3 Å². The molecule has 1 aromatic carbocycles. The van der Waals surface area contributed by atoms with Crippen molar-refractivity contribution in [1.82, 2.24) is 9.97 Å². The third kappa shape index (κ3) is 6.45. The third-order valence-corrected chi connectivity index (χ3v) is 8.09. The summed E-state index contributed by atoms with van der Waals surface area (Å²) >= 11 is 13.6. The Bertz CT molecular complexity index is 1410. The van der Waals surface area contributed by atoms with E-state index in [2.05, 4.69) is 19.5 Å². The number of aliphatic hydroxyl groups is 2. The number of rotatable bonds is 9. The molecule has 0 saturated heterocycles. The van der Waals surface area contributed by atoms with E-state index in [1.807, 2.05) is 6.07 Å². The van der Waals surface area contributed by atoms with Gasteiger partial charge in [0.1, 0.15) is 18.2 Å². The van der Waals surface area contributed by atoms with Gasteiger partial charge in [0, 0.05) is 22.7 Å². The first-order valence-corrected chi connectivity index (χ1v) is 13.9. The minimum absolute atomic E-state index is 0.106. The summed E-state index contributed by atoms with van der Waals surface area (Å²) in [6, 6.07) is 7.25. The summed E-state index contributed by atoms with van der Waals surface area (Å²) in [5, 5.41) is 29.1. The van der Waals surface area contributed by atoms with Gasteiger partial charge in [0.05, 0.1) is 39.6 Å². The van der Waals surface area contributed by atoms with Crippen LogP contribution in [0, 0.1) is 5.92 Å². The fourth-order valence-corrected chi connectivity index (χ4v) is 5.99. The zero-order valence-electron chi connectivity index (χ0n) is 19.0. The van der Waals surface area contributed by atoms with Crippen molar-refractivity contribution in [3.8, 4) is 0 Å². The van der Waals surface area contributed by atoms with Crippen LogP contribution in [0.4, 0.5) is 5.82 Å². The molecule has 11 nitrogen and oxygen atoms in total. The van der Waals surface area contributed by atoms with Gasteiger partial charge in [-0.25, -0.2) is 15.1 Å². The molecule has 1 saturated carbocycles. The van der Waals surface area contributed by atoms with Crippen molar-refractivity contribution >= 4 is 56.4 Å². The number of nitrogens with zero attached hydrogens (tertiary/aromatic N) is 2. The monoisotopic (exact) mass is 587 g/mol. The molecule has 1 aliphatic rings. The van der Waals surface area contributed by atoms with Crippen LogP contribution in [-0.4, -0.2) is 59.2 Å². The van der Waals surface area contributed by atoms with E-state index in [9.17, 15) is 23.4 Å². The molecule has 0 amide bonds. The zero-order valence-corrected chi connectivity index (χ0v) is 22.1. The highest BCUT2D eigenvalue weighted by molar-refractivity contribution is 7.84. The highest BCUT2D eigenvalue weighted by Gasteiger charge is 2.42. The Hall–Kier alpha value is -2.20. The number of aromatic nitrogens is 2. The molecule has 0 bridgehead atoms. The number of carbonyl (C=O) groups is 1. The lowest BCUT2D eigenvalue weighted by molar-refractivity contribution is 0.00778. The van der Waals surface area contributed by atoms with E-state index < -0.39 is 52.9 Å². The summed E-state index contributed by atoms with van der Waals surface area (Å²) in [7, 11) is -4.21. The largest absolute Gasteiger partial charge is 0.390 e. The van der Waals surface area contributed by atoms with Gasteiger partial charge in [-0.1, -0.05) is 35.3 Å². The molecular weight excluding hydrogens is 565 g/mol. The number of anilines is 1. The molecule has 198 valence electrons. The molecule has 4 rings (SSSR count). The number of nitrogens with one attached hydrogen (secondary N) is 1. The number of aliphatic hydroxyl groups excluding tert-OH is 2. The molecule has 15 heteroatoms. The van der Waals surface area contributed by atoms with E-state index in [1.165, 1.54) is 12.5 Å². The lowest BCUT2D eigenvalue weighted by Crippen LogP contribution is -2.36. The van der Waals surface area contributed by atoms with E-state index >= 15 is 0 Å².